The van der Waals surface area contributed by atoms with Gasteiger partial charge < -0.3 is 5.32 Å². The molecule has 1 aliphatic carbocycles. The molecule has 0 radical (unpaired) electrons. The Balaban J connectivity index is 1.38. The summed E-state index contributed by atoms with van der Waals surface area (Å²) in [5, 5.41) is 9.85. The van der Waals surface area contributed by atoms with E-state index in [0.29, 0.717) is 23.7 Å². The van der Waals surface area contributed by atoms with Gasteiger partial charge in [0.15, 0.2) is 0 Å². The van der Waals surface area contributed by atoms with Gasteiger partial charge in [-0.1, -0.05) is 43.3 Å². The summed E-state index contributed by atoms with van der Waals surface area (Å²) in [4.78, 5) is 28.7. The number of nitrogens with zero attached hydrogens (tertiary/aromatic N) is 3. The van der Waals surface area contributed by atoms with Crippen molar-refractivity contribution in [3.05, 3.63) is 72.1 Å². The van der Waals surface area contributed by atoms with Crippen LogP contribution in [0.4, 0.5) is 11.6 Å². The summed E-state index contributed by atoms with van der Waals surface area (Å²) in [6, 6.07) is 16.7. The first kappa shape index (κ1) is 17.9. The lowest BCUT2D eigenvalue weighted by molar-refractivity contribution is -0.117. The van der Waals surface area contributed by atoms with E-state index >= 15 is 0 Å². The van der Waals surface area contributed by atoms with E-state index in [2.05, 4.69) is 27.6 Å². The van der Waals surface area contributed by atoms with Crippen LogP contribution in [-0.4, -0.2) is 26.6 Å². The van der Waals surface area contributed by atoms with Crippen LogP contribution in [0.3, 0.4) is 0 Å². The SMILES string of the molecule is C[C@H]1C[C@@H]1C(=O)Nc1cccc(C(=O)Nc2ncn(Cc3ccccc3)n2)c1. The van der Waals surface area contributed by atoms with Crippen LogP contribution < -0.4 is 10.6 Å². The van der Waals surface area contributed by atoms with Gasteiger partial charge in [-0.05, 0) is 36.1 Å². The number of anilines is 2. The van der Waals surface area contributed by atoms with Gasteiger partial charge in [0.1, 0.15) is 6.33 Å². The maximum atomic E-state index is 12.5. The van der Waals surface area contributed by atoms with Crippen LogP contribution in [0.2, 0.25) is 0 Å². The number of nitrogens with one attached hydrogen (secondary N) is 2. The lowest BCUT2D eigenvalue weighted by Gasteiger charge is -2.07. The number of hydrogen-bond donors (Lipinski definition) is 2. The molecule has 2 amide bonds. The smallest absolute Gasteiger partial charge is 0.258 e. The van der Waals surface area contributed by atoms with E-state index in [1.165, 1.54) is 0 Å². The quantitative estimate of drug-likeness (QED) is 0.693. The molecule has 2 atom stereocenters. The highest BCUT2D eigenvalue weighted by molar-refractivity contribution is 6.04. The Hall–Kier alpha value is -3.48. The molecule has 4 rings (SSSR count). The third-order valence-corrected chi connectivity index (χ3v) is 4.79. The number of rotatable bonds is 6. The van der Waals surface area contributed by atoms with Gasteiger partial charge in [0.05, 0.1) is 6.54 Å². The number of aromatic nitrogens is 3. The van der Waals surface area contributed by atoms with Crippen LogP contribution in [0.5, 0.6) is 0 Å². The zero-order chi connectivity index (χ0) is 19.5. The Morgan fingerprint density at radius 2 is 1.89 bits per heavy atom. The monoisotopic (exact) mass is 375 g/mol. The Labute approximate surface area is 162 Å². The van der Waals surface area contributed by atoms with Crippen LogP contribution in [0.15, 0.2) is 60.9 Å². The van der Waals surface area contributed by atoms with E-state index in [9.17, 15) is 9.59 Å². The number of amides is 2. The predicted molar refractivity (Wildman–Crippen MR) is 106 cm³/mol. The zero-order valence-electron chi connectivity index (χ0n) is 15.5. The molecule has 142 valence electrons. The standard InChI is InChI=1S/C21H21N5O2/c1-14-10-18(14)20(28)23-17-9-5-8-16(11-17)19(27)24-21-22-13-26(25-21)12-15-6-3-2-4-7-15/h2-9,11,13-14,18H,10,12H2,1H3,(H,23,28)(H,24,25,27)/t14-,18-/m0/s1. The number of benzene rings is 2. The van der Waals surface area contributed by atoms with Crippen molar-refractivity contribution in [1.82, 2.24) is 14.8 Å². The average Bonchev–Trinajstić information content (AvgIpc) is 3.28. The highest BCUT2D eigenvalue weighted by Crippen LogP contribution is 2.38. The third kappa shape index (κ3) is 4.25. The van der Waals surface area contributed by atoms with Gasteiger partial charge in [-0.2, -0.15) is 0 Å². The topological polar surface area (TPSA) is 88.9 Å². The normalized spacial score (nSPS) is 17.8. The fraction of sp³-hybridized carbons (Fsp3) is 0.238. The Kier molecular flexibility index (Phi) is 4.89. The second-order valence-electron chi connectivity index (χ2n) is 7.10. The lowest BCUT2D eigenvalue weighted by Crippen LogP contribution is -2.16. The van der Waals surface area contributed by atoms with Crippen LogP contribution in [0.1, 0.15) is 29.3 Å². The predicted octanol–water partition coefficient (Wildman–Crippen LogP) is 3.17. The minimum absolute atomic E-state index is 0.00591. The van der Waals surface area contributed by atoms with Crippen molar-refractivity contribution in [3.8, 4) is 0 Å². The zero-order valence-corrected chi connectivity index (χ0v) is 15.5. The van der Waals surface area contributed by atoms with Gasteiger partial charge in [-0.25, -0.2) is 9.67 Å². The molecular weight excluding hydrogens is 354 g/mol. The molecule has 1 fully saturated rings. The molecule has 0 bridgehead atoms. The summed E-state index contributed by atoms with van der Waals surface area (Å²) >= 11 is 0. The molecule has 28 heavy (non-hydrogen) atoms. The largest absolute Gasteiger partial charge is 0.326 e. The maximum absolute atomic E-state index is 12.5. The van der Waals surface area contributed by atoms with Gasteiger partial charge in [0.2, 0.25) is 11.9 Å². The molecule has 1 saturated carbocycles. The first-order valence-electron chi connectivity index (χ1n) is 9.24. The van der Waals surface area contributed by atoms with Crippen LogP contribution >= 0.6 is 0 Å². The lowest BCUT2D eigenvalue weighted by atomic mass is 10.2. The van der Waals surface area contributed by atoms with Crippen molar-refractivity contribution < 1.29 is 9.59 Å². The summed E-state index contributed by atoms with van der Waals surface area (Å²) < 4.78 is 1.67. The van der Waals surface area contributed by atoms with E-state index < -0.39 is 0 Å². The molecule has 1 aromatic heterocycles. The molecule has 1 aliphatic rings. The molecule has 0 unspecified atom stereocenters. The highest BCUT2D eigenvalue weighted by atomic mass is 16.2. The van der Waals surface area contributed by atoms with Crippen molar-refractivity contribution in [2.24, 2.45) is 11.8 Å². The van der Waals surface area contributed by atoms with E-state index in [4.69, 9.17) is 0 Å². The Morgan fingerprint density at radius 3 is 2.64 bits per heavy atom. The van der Waals surface area contributed by atoms with Gasteiger partial charge >= 0.3 is 0 Å². The molecular formula is C21H21N5O2. The number of hydrogen-bond acceptors (Lipinski definition) is 4. The van der Waals surface area contributed by atoms with Crippen molar-refractivity contribution in [1.29, 1.82) is 0 Å². The van der Waals surface area contributed by atoms with Crippen LogP contribution in [0, 0.1) is 11.8 Å². The molecule has 0 saturated heterocycles. The van der Waals surface area contributed by atoms with E-state index in [1.54, 1.807) is 35.3 Å². The van der Waals surface area contributed by atoms with Gasteiger partial charge in [-0.3, -0.25) is 14.9 Å². The molecule has 0 aliphatic heterocycles. The minimum atomic E-state index is -0.326. The van der Waals surface area contributed by atoms with Crippen molar-refractivity contribution in [3.63, 3.8) is 0 Å². The Bertz CT molecular complexity index is 999. The molecule has 7 heteroatoms. The Morgan fingerprint density at radius 1 is 1.11 bits per heavy atom. The van der Waals surface area contributed by atoms with Crippen molar-refractivity contribution >= 4 is 23.5 Å². The van der Waals surface area contributed by atoms with Crippen molar-refractivity contribution in [2.45, 2.75) is 19.9 Å². The van der Waals surface area contributed by atoms with Crippen LogP contribution in [-0.2, 0) is 11.3 Å². The third-order valence-electron chi connectivity index (χ3n) is 4.79. The molecule has 3 aromatic rings. The summed E-state index contributed by atoms with van der Waals surface area (Å²) in [5.41, 5.74) is 2.14. The number of carbonyl (C=O) groups excluding carboxylic acids is 2. The summed E-state index contributed by atoms with van der Waals surface area (Å²) in [6.07, 6.45) is 2.50. The highest BCUT2D eigenvalue weighted by Gasteiger charge is 2.39. The fourth-order valence-electron chi connectivity index (χ4n) is 3.03. The number of carbonyl (C=O) groups is 2. The van der Waals surface area contributed by atoms with Crippen molar-refractivity contribution in [2.75, 3.05) is 10.6 Å². The fourth-order valence-corrected chi connectivity index (χ4v) is 3.03. The maximum Gasteiger partial charge on any atom is 0.258 e. The van der Waals surface area contributed by atoms with Gasteiger partial charge in [-0.15, -0.1) is 5.10 Å². The molecule has 7 nitrogen and oxygen atoms in total. The minimum Gasteiger partial charge on any atom is -0.326 e. The summed E-state index contributed by atoms with van der Waals surface area (Å²) in [7, 11) is 0. The van der Waals surface area contributed by atoms with Gasteiger partial charge in [0.25, 0.3) is 5.91 Å². The average molecular weight is 375 g/mol. The van der Waals surface area contributed by atoms with Crippen LogP contribution in [0.25, 0.3) is 0 Å². The molecule has 0 spiro atoms. The molecule has 2 N–H and O–H groups in total. The summed E-state index contributed by atoms with van der Waals surface area (Å²) in [5.74, 6) is 0.431. The molecule has 2 aromatic carbocycles. The molecule has 1 heterocycles. The first-order chi connectivity index (χ1) is 13.6. The second kappa shape index (κ2) is 7.64. The van der Waals surface area contributed by atoms with E-state index in [0.717, 1.165) is 12.0 Å². The van der Waals surface area contributed by atoms with Gasteiger partial charge in [0, 0.05) is 17.2 Å². The van der Waals surface area contributed by atoms with E-state index in [1.807, 2.05) is 30.3 Å². The first-order valence-corrected chi connectivity index (χ1v) is 9.24. The second-order valence-corrected chi connectivity index (χ2v) is 7.10. The summed E-state index contributed by atoms with van der Waals surface area (Å²) in [6.45, 7) is 2.63. The van der Waals surface area contributed by atoms with E-state index in [-0.39, 0.29) is 23.7 Å².